The number of benzene rings is 3. The summed E-state index contributed by atoms with van der Waals surface area (Å²) in [5.41, 5.74) is 9.30. The van der Waals surface area contributed by atoms with E-state index in [-0.39, 0.29) is 18.1 Å². The third kappa shape index (κ3) is 4.49. The molecule has 198 valence electrons. The van der Waals surface area contributed by atoms with Crippen molar-refractivity contribution in [3.8, 4) is 34.2 Å². The number of aromatic nitrogens is 2. The highest BCUT2D eigenvalue weighted by molar-refractivity contribution is 6.06. The fourth-order valence-corrected chi connectivity index (χ4v) is 4.78. The minimum Gasteiger partial charge on any atom is -0.454 e. The van der Waals surface area contributed by atoms with Crippen molar-refractivity contribution < 1.29 is 37.0 Å². The Morgan fingerprint density at radius 2 is 1.79 bits per heavy atom. The van der Waals surface area contributed by atoms with Crippen LogP contribution in [0.5, 0.6) is 17.2 Å². The Hall–Kier alpha value is -5.00. The predicted octanol–water partition coefficient (Wildman–Crippen LogP) is 4.62. The van der Waals surface area contributed by atoms with Crippen LogP contribution in [-0.2, 0) is 12.8 Å². The maximum atomic E-state index is 13.0. The number of rotatable bonds is 5. The fourth-order valence-electron chi connectivity index (χ4n) is 4.78. The zero-order valence-electron chi connectivity index (χ0n) is 20.0. The highest BCUT2D eigenvalue weighted by Gasteiger charge is 2.33. The number of carbonyl (C=O) groups excluding carboxylic acids is 2. The van der Waals surface area contributed by atoms with Gasteiger partial charge in [0.25, 0.3) is 11.8 Å². The van der Waals surface area contributed by atoms with Crippen LogP contribution in [0.15, 0.2) is 60.7 Å². The van der Waals surface area contributed by atoms with Gasteiger partial charge in [0.05, 0.1) is 16.9 Å². The lowest BCUT2D eigenvalue weighted by Crippen LogP contribution is -2.21. The molecular weight excluding hydrogens is 517 g/mol. The van der Waals surface area contributed by atoms with Crippen molar-refractivity contribution in [3.63, 3.8) is 0 Å². The van der Waals surface area contributed by atoms with Gasteiger partial charge in [0.1, 0.15) is 5.75 Å². The van der Waals surface area contributed by atoms with Crippen LogP contribution in [0.4, 0.5) is 18.9 Å². The molecule has 0 unspecified atom stereocenters. The van der Waals surface area contributed by atoms with Crippen LogP contribution < -0.4 is 25.3 Å². The number of aryl methyl sites for hydroxylation is 1. The van der Waals surface area contributed by atoms with E-state index in [9.17, 15) is 22.8 Å². The smallest absolute Gasteiger partial charge is 0.454 e. The number of para-hydroxylation sites is 1. The van der Waals surface area contributed by atoms with Crippen molar-refractivity contribution in [1.82, 2.24) is 9.78 Å². The number of nitrogens with two attached hydrogens (primary N) is 1. The molecule has 0 bridgehead atoms. The van der Waals surface area contributed by atoms with Crippen LogP contribution in [-0.4, -0.2) is 34.8 Å². The van der Waals surface area contributed by atoms with Gasteiger partial charge in [0.2, 0.25) is 6.79 Å². The summed E-state index contributed by atoms with van der Waals surface area (Å²) in [5.74, 6) is -0.980. The maximum absolute atomic E-state index is 13.0. The fraction of sp³-hybridized carbons (Fsp3) is 0.148. The zero-order chi connectivity index (χ0) is 27.3. The average molecular weight is 536 g/mol. The molecule has 4 aromatic rings. The Morgan fingerprint density at radius 1 is 1.00 bits per heavy atom. The predicted molar refractivity (Wildman–Crippen MR) is 132 cm³/mol. The van der Waals surface area contributed by atoms with E-state index in [0.717, 1.165) is 11.6 Å². The lowest BCUT2D eigenvalue weighted by atomic mass is 9.88. The molecule has 9 nitrogen and oxygen atoms in total. The summed E-state index contributed by atoms with van der Waals surface area (Å²) < 4.78 is 55.0. The molecule has 39 heavy (non-hydrogen) atoms. The number of alkyl halides is 3. The first-order chi connectivity index (χ1) is 18.7. The van der Waals surface area contributed by atoms with Crippen molar-refractivity contribution >= 4 is 17.5 Å². The van der Waals surface area contributed by atoms with Gasteiger partial charge in [-0.05, 0) is 54.8 Å². The molecule has 2 aliphatic rings. The maximum Gasteiger partial charge on any atom is 0.573 e. The van der Waals surface area contributed by atoms with E-state index in [1.54, 1.807) is 35.0 Å². The van der Waals surface area contributed by atoms with Gasteiger partial charge in [-0.2, -0.15) is 5.10 Å². The van der Waals surface area contributed by atoms with E-state index in [0.29, 0.717) is 52.5 Å². The molecule has 3 N–H and O–H groups in total. The van der Waals surface area contributed by atoms with Crippen LogP contribution in [0.3, 0.4) is 0 Å². The van der Waals surface area contributed by atoms with Crippen LogP contribution in [0.1, 0.15) is 32.0 Å². The van der Waals surface area contributed by atoms with E-state index in [4.69, 9.17) is 15.2 Å². The number of fused-ring (bicyclic) bond motifs is 4. The minimum absolute atomic E-state index is 0.0889. The van der Waals surface area contributed by atoms with Crippen molar-refractivity contribution in [3.05, 3.63) is 83.0 Å². The molecular formula is C27H19F3N4O5. The average Bonchev–Trinajstić information content (AvgIpc) is 3.52. The third-order valence-corrected chi connectivity index (χ3v) is 6.44. The number of anilines is 1. The molecule has 1 aromatic heterocycles. The zero-order valence-corrected chi connectivity index (χ0v) is 20.0. The van der Waals surface area contributed by atoms with Gasteiger partial charge in [-0.25, -0.2) is 4.68 Å². The first-order valence-corrected chi connectivity index (χ1v) is 11.8. The van der Waals surface area contributed by atoms with Crippen molar-refractivity contribution in [2.45, 2.75) is 19.2 Å². The van der Waals surface area contributed by atoms with Crippen molar-refractivity contribution in [2.24, 2.45) is 5.73 Å². The second kappa shape index (κ2) is 9.08. The Labute approximate surface area is 218 Å². The first-order valence-electron chi connectivity index (χ1n) is 11.8. The van der Waals surface area contributed by atoms with E-state index < -0.39 is 23.9 Å². The number of halogens is 3. The number of hydrogen-bond acceptors (Lipinski definition) is 6. The lowest BCUT2D eigenvalue weighted by molar-refractivity contribution is -0.274. The third-order valence-electron chi connectivity index (χ3n) is 6.44. The quantitative estimate of drug-likeness (QED) is 0.385. The van der Waals surface area contributed by atoms with Gasteiger partial charge in [0.15, 0.2) is 17.2 Å². The second-order valence-electron chi connectivity index (χ2n) is 8.86. The van der Waals surface area contributed by atoms with Crippen LogP contribution >= 0.6 is 0 Å². The first kappa shape index (κ1) is 24.3. The van der Waals surface area contributed by atoms with Crippen LogP contribution in [0.2, 0.25) is 0 Å². The Bertz CT molecular complexity index is 1650. The molecule has 0 fully saturated rings. The van der Waals surface area contributed by atoms with Gasteiger partial charge in [-0.3, -0.25) is 9.59 Å². The molecule has 6 rings (SSSR count). The molecule has 0 radical (unpaired) electrons. The summed E-state index contributed by atoms with van der Waals surface area (Å²) >= 11 is 0. The molecule has 0 saturated carbocycles. The molecule has 3 aromatic carbocycles. The Morgan fingerprint density at radius 3 is 2.59 bits per heavy atom. The molecule has 0 saturated heterocycles. The summed E-state index contributed by atoms with van der Waals surface area (Å²) in [4.78, 5) is 25.2. The summed E-state index contributed by atoms with van der Waals surface area (Å²) in [6.45, 7) is 0.0889. The number of nitrogens with zero attached hydrogens (tertiary/aromatic N) is 2. The number of hydrogen-bond donors (Lipinski definition) is 2. The van der Waals surface area contributed by atoms with E-state index in [2.05, 4.69) is 15.2 Å². The molecule has 2 amide bonds. The number of amides is 2. The number of nitrogens with one attached hydrogen (secondary N) is 1. The Balaban J connectivity index is 1.40. The standard InChI is InChI=1S/C27H19F3N4O5/c28-27(29,30)39-20-4-2-1-3-17(20)26(36)32-15-7-5-14-6-9-18-23(25(31)35)33-34(24(18)19(14)11-15)16-8-10-21-22(12-16)38-13-37-21/h1-5,7-8,10-12H,6,9,13H2,(H2,31,35)(H,32,36). The monoisotopic (exact) mass is 536 g/mol. The van der Waals surface area contributed by atoms with Gasteiger partial charge in [-0.1, -0.05) is 18.2 Å². The van der Waals surface area contributed by atoms with Crippen molar-refractivity contribution in [2.75, 3.05) is 12.1 Å². The van der Waals surface area contributed by atoms with Gasteiger partial charge < -0.3 is 25.3 Å². The number of ether oxygens (including phenoxy) is 3. The lowest BCUT2D eigenvalue weighted by Gasteiger charge is -2.20. The van der Waals surface area contributed by atoms with E-state index >= 15 is 0 Å². The minimum atomic E-state index is -4.95. The summed E-state index contributed by atoms with van der Waals surface area (Å²) in [6, 6.07) is 15.5. The van der Waals surface area contributed by atoms with E-state index in [1.165, 1.54) is 18.2 Å². The Kier molecular flexibility index (Phi) is 5.67. The molecule has 0 atom stereocenters. The molecule has 2 heterocycles. The molecule has 12 heteroatoms. The topological polar surface area (TPSA) is 118 Å². The van der Waals surface area contributed by atoms with Crippen molar-refractivity contribution in [1.29, 1.82) is 0 Å². The normalized spacial score (nSPS) is 13.4. The second-order valence-corrected chi connectivity index (χ2v) is 8.86. The highest BCUT2D eigenvalue weighted by atomic mass is 19.4. The largest absolute Gasteiger partial charge is 0.573 e. The summed E-state index contributed by atoms with van der Waals surface area (Å²) in [6.07, 6.45) is -3.85. The SMILES string of the molecule is NC(=O)c1nn(-c2ccc3c(c2)OCO3)c2c1CCc1ccc(NC(=O)c3ccccc3OC(F)(F)F)cc1-2. The van der Waals surface area contributed by atoms with E-state index in [1.807, 2.05) is 6.07 Å². The van der Waals surface area contributed by atoms with Gasteiger partial charge >= 0.3 is 6.36 Å². The van der Waals surface area contributed by atoms with Gasteiger partial charge in [0, 0.05) is 22.9 Å². The molecule has 1 aliphatic heterocycles. The summed E-state index contributed by atoms with van der Waals surface area (Å²) in [7, 11) is 0. The van der Waals surface area contributed by atoms with Crippen LogP contribution in [0, 0.1) is 0 Å². The van der Waals surface area contributed by atoms with Gasteiger partial charge in [-0.15, -0.1) is 13.2 Å². The van der Waals surface area contributed by atoms with Crippen LogP contribution in [0.25, 0.3) is 16.9 Å². The number of primary amides is 1. The highest BCUT2D eigenvalue weighted by Crippen LogP contribution is 2.40. The summed E-state index contributed by atoms with van der Waals surface area (Å²) in [5, 5.41) is 7.15. The molecule has 1 aliphatic carbocycles. The molecule has 0 spiro atoms. The number of carbonyl (C=O) groups is 2.